The van der Waals surface area contributed by atoms with Crippen molar-refractivity contribution >= 4 is 63.8 Å². The van der Waals surface area contributed by atoms with Gasteiger partial charge in [-0.1, -0.05) is 35.8 Å². The van der Waals surface area contributed by atoms with E-state index >= 15 is 0 Å². The lowest BCUT2D eigenvalue weighted by molar-refractivity contribution is -0.125. The fourth-order valence-corrected chi connectivity index (χ4v) is 7.06. The van der Waals surface area contributed by atoms with Crippen molar-refractivity contribution in [3.63, 3.8) is 0 Å². The van der Waals surface area contributed by atoms with Gasteiger partial charge in [-0.25, -0.2) is 14.5 Å². The number of amides is 3. The predicted molar refractivity (Wildman–Crippen MR) is 206 cm³/mol. The summed E-state index contributed by atoms with van der Waals surface area (Å²) in [4.78, 5) is 74.5. The molecule has 2 aliphatic rings. The third-order valence-electron chi connectivity index (χ3n) is 9.48. The summed E-state index contributed by atoms with van der Waals surface area (Å²) in [6.07, 6.45) is 4.41. The number of fused-ring (bicyclic) bond motifs is 2. The van der Waals surface area contributed by atoms with E-state index in [1.807, 2.05) is 6.92 Å². The van der Waals surface area contributed by atoms with E-state index in [-0.39, 0.29) is 85.3 Å². The molecule has 3 aromatic heterocycles. The average molecular weight is 807 g/mol. The number of carbonyl (C=O) groups excluding carboxylic acids is 5. The molecule has 1 unspecified atom stereocenters. The number of ketones is 2. The standard InChI is InChI=1S/C39H41Cl2N7O8/c1-22-9-10-31(36(51)45-22)47-38(52)29-7-4-8-30(34(29)39(47)53)42-12-15-55-14-11-27(49)6-5-13-56-37-24(16-26(40)21-44-37)17-28(50)18-25-20-43-33-19-32(41)46-48(33)35(25)23(2)54-3/h4,7-8,16,19-21,23,31,42H,1,5-6,9-15,17-18H2,2-3H3,(H,45,51)/t23-,31?/m0/s1. The van der Waals surface area contributed by atoms with Crippen LogP contribution < -0.4 is 15.4 Å². The number of allylic oxidation sites excluding steroid dienone is 1. The minimum absolute atomic E-state index is 0.00231. The van der Waals surface area contributed by atoms with Crippen LogP contribution in [-0.2, 0) is 36.7 Å². The fourth-order valence-electron chi connectivity index (χ4n) is 6.70. The molecule has 6 rings (SSSR count). The molecule has 0 aliphatic carbocycles. The Morgan fingerprint density at radius 2 is 1.82 bits per heavy atom. The second kappa shape index (κ2) is 18.2. The molecule has 0 saturated carbocycles. The molecule has 0 spiro atoms. The molecule has 1 aromatic carbocycles. The van der Waals surface area contributed by atoms with Gasteiger partial charge in [-0.05, 0) is 44.4 Å². The number of hydrogen-bond donors (Lipinski definition) is 2. The van der Waals surface area contributed by atoms with Crippen LogP contribution >= 0.6 is 23.2 Å². The van der Waals surface area contributed by atoms with E-state index in [4.69, 9.17) is 37.4 Å². The molecule has 4 aromatic rings. The lowest BCUT2D eigenvalue weighted by Gasteiger charge is -2.29. The van der Waals surface area contributed by atoms with Crippen molar-refractivity contribution in [2.45, 2.75) is 64.0 Å². The molecule has 0 radical (unpaired) electrons. The van der Waals surface area contributed by atoms with Crippen molar-refractivity contribution in [2.24, 2.45) is 0 Å². The molecule has 0 bridgehead atoms. The maximum Gasteiger partial charge on any atom is 0.264 e. The molecular formula is C39H41Cl2N7O8. The molecule has 2 N–H and O–H groups in total. The smallest absolute Gasteiger partial charge is 0.264 e. The molecule has 15 nitrogen and oxygen atoms in total. The van der Waals surface area contributed by atoms with Crippen LogP contribution in [0.1, 0.15) is 82.7 Å². The van der Waals surface area contributed by atoms with Crippen LogP contribution in [0.3, 0.4) is 0 Å². The first-order valence-electron chi connectivity index (χ1n) is 18.1. The van der Waals surface area contributed by atoms with Crippen molar-refractivity contribution in [2.75, 3.05) is 38.8 Å². The van der Waals surface area contributed by atoms with Crippen LogP contribution in [-0.4, -0.2) is 93.3 Å². The van der Waals surface area contributed by atoms with Crippen LogP contribution in [0.25, 0.3) is 5.65 Å². The Kier molecular flexibility index (Phi) is 13.1. The zero-order chi connectivity index (χ0) is 39.9. The van der Waals surface area contributed by atoms with E-state index in [0.717, 1.165) is 4.90 Å². The number of halogens is 2. The highest BCUT2D eigenvalue weighted by Gasteiger charge is 2.45. The maximum absolute atomic E-state index is 13.3. The quantitative estimate of drug-likeness (QED) is 0.0943. The minimum atomic E-state index is -0.893. The Balaban J connectivity index is 0.918. The monoisotopic (exact) mass is 805 g/mol. The van der Waals surface area contributed by atoms with Gasteiger partial charge in [0.05, 0.1) is 47.8 Å². The highest BCUT2D eigenvalue weighted by Crippen LogP contribution is 2.33. The third-order valence-corrected chi connectivity index (χ3v) is 9.87. The summed E-state index contributed by atoms with van der Waals surface area (Å²) in [5, 5.41) is 10.7. The Hall–Kier alpha value is -5.22. The Morgan fingerprint density at radius 1 is 1.02 bits per heavy atom. The molecule has 2 aliphatic heterocycles. The van der Waals surface area contributed by atoms with Crippen molar-refractivity contribution in [3.05, 3.63) is 93.1 Å². The normalized spacial score (nSPS) is 15.9. The number of piperidine rings is 1. The Morgan fingerprint density at radius 3 is 2.61 bits per heavy atom. The molecule has 17 heteroatoms. The topological polar surface area (TPSA) is 183 Å². The predicted octanol–water partition coefficient (Wildman–Crippen LogP) is 5.13. The number of rotatable bonds is 19. The second-order valence-corrected chi connectivity index (χ2v) is 14.3. The molecule has 294 valence electrons. The van der Waals surface area contributed by atoms with Crippen LogP contribution in [0.15, 0.2) is 55.0 Å². The number of imide groups is 1. The number of aromatic nitrogens is 4. The van der Waals surface area contributed by atoms with Crippen LogP contribution in [0.4, 0.5) is 5.69 Å². The van der Waals surface area contributed by atoms with Gasteiger partial charge in [0, 0.05) is 80.3 Å². The van der Waals surface area contributed by atoms with Gasteiger partial charge >= 0.3 is 0 Å². The summed E-state index contributed by atoms with van der Waals surface area (Å²) in [5.74, 6) is -1.33. The van der Waals surface area contributed by atoms with Crippen LogP contribution in [0.2, 0.25) is 10.2 Å². The van der Waals surface area contributed by atoms with Gasteiger partial charge in [0.15, 0.2) is 10.8 Å². The first-order valence-corrected chi connectivity index (χ1v) is 18.9. The zero-order valence-electron chi connectivity index (χ0n) is 30.9. The average Bonchev–Trinajstić information content (AvgIpc) is 3.67. The Labute approximate surface area is 332 Å². The van der Waals surface area contributed by atoms with Gasteiger partial charge in [0.2, 0.25) is 11.8 Å². The van der Waals surface area contributed by atoms with Crippen molar-refractivity contribution in [1.29, 1.82) is 0 Å². The number of pyridine rings is 1. The summed E-state index contributed by atoms with van der Waals surface area (Å²) >= 11 is 12.3. The van der Waals surface area contributed by atoms with Gasteiger partial charge in [-0.15, -0.1) is 0 Å². The lowest BCUT2D eigenvalue weighted by Crippen LogP contribution is -2.51. The number of nitrogens with one attached hydrogen (secondary N) is 2. The molecule has 5 heterocycles. The molecule has 56 heavy (non-hydrogen) atoms. The molecule has 1 saturated heterocycles. The van der Waals surface area contributed by atoms with Crippen LogP contribution in [0, 0.1) is 0 Å². The van der Waals surface area contributed by atoms with Gasteiger partial charge in [-0.2, -0.15) is 5.10 Å². The zero-order valence-corrected chi connectivity index (χ0v) is 32.5. The van der Waals surface area contributed by atoms with Crippen molar-refractivity contribution in [1.82, 2.24) is 29.8 Å². The van der Waals surface area contributed by atoms with E-state index in [1.54, 1.807) is 48.2 Å². The van der Waals surface area contributed by atoms with Crippen molar-refractivity contribution < 1.29 is 38.2 Å². The number of methoxy groups -OCH3 is 1. The Bertz CT molecular complexity index is 2190. The molecule has 3 amide bonds. The number of benzene rings is 1. The van der Waals surface area contributed by atoms with Gasteiger partial charge < -0.3 is 24.8 Å². The fraction of sp³-hybridized carbons (Fsp3) is 0.385. The van der Waals surface area contributed by atoms with E-state index in [9.17, 15) is 24.0 Å². The number of hydrogen-bond acceptors (Lipinski definition) is 12. The summed E-state index contributed by atoms with van der Waals surface area (Å²) in [7, 11) is 1.57. The third kappa shape index (κ3) is 9.24. The van der Waals surface area contributed by atoms with E-state index < -0.39 is 23.8 Å². The first-order chi connectivity index (χ1) is 26.9. The summed E-state index contributed by atoms with van der Waals surface area (Å²) in [6, 6.07) is 7.31. The largest absolute Gasteiger partial charge is 0.477 e. The van der Waals surface area contributed by atoms with Crippen LogP contribution in [0.5, 0.6) is 5.88 Å². The highest BCUT2D eigenvalue weighted by molar-refractivity contribution is 6.30. The van der Waals surface area contributed by atoms with E-state index in [2.05, 4.69) is 32.3 Å². The maximum atomic E-state index is 13.3. The minimum Gasteiger partial charge on any atom is -0.477 e. The number of anilines is 1. The van der Waals surface area contributed by atoms with Gasteiger partial charge in [0.1, 0.15) is 17.6 Å². The van der Waals surface area contributed by atoms with Crippen molar-refractivity contribution in [3.8, 4) is 5.88 Å². The molecule has 2 atom stereocenters. The summed E-state index contributed by atoms with van der Waals surface area (Å²) in [5.41, 5.74) is 3.86. The number of ether oxygens (including phenoxy) is 3. The number of Topliss-reactive ketones (excluding diaryl/α,β-unsaturated/α-hetero) is 2. The van der Waals surface area contributed by atoms with Gasteiger partial charge in [-0.3, -0.25) is 28.9 Å². The summed E-state index contributed by atoms with van der Waals surface area (Å²) < 4.78 is 18.7. The first kappa shape index (κ1) is 40.4. The van der Waals surface area contributed by atoms with E-state index in [1.165, 1.54) is 6.20 Å². The van der Waals surface area contributed by atoms with E-state index in [0.29, 0.717) is 64.7 Å². The number of carbonyl (C=O) groups is 5. The second-order valence-electron chi connectivity index (χ2n) is 13.4. The van der Waals surface area contributed by atoms with Gasteiger partial charge in [0.25, 0.3) is 11.8 Å². The highest BCUT2D eigenvalue weighted by atomic mass is 35.5. The molecule has 1 fully saturated rings. The summed E-state index contributed by atoms with van der Waals surface area (Å²) in [6.45, 7) is 6.57. The lowest BCUT2D eigenvalue weighted by atomic mass is 10.0. The number of nitrogens with zero attached hydrogens (tertiary/aromatic N) is 5. The SMILES string of the molecule is C=C1CCC(N2C(=O)c3cccc(NCCOCCC(=O)CCCOc4ncc(Cl)cc4CC(=O)Cc4cnc5cc(Cl)nn5c4[C@H](C)OC)c3C2=O)C(=O)N1. The molecular weight excluding hydrogens is 765 g/mol.